The summed E-state index contributed by atoms with van der Waals surface area (Å²) in [6.07, 6.45) is -2.79. The molecule has 17 heavy (non-hydrogen) atoms. The molecule has 102 valence electrons. The summed E-state index contributed by atoms with van der Waals surface area (Å²) in [5, 5.41) is 3.23. The Labute approximate surface area is 101 Å². The third-order valence-electron chi connectivity index (χ3n) is 4.02. The van der Waals surface area contributed by atoms with Crippen molar-refractivity contribution >= 4 is 0 Å². The van der Waals surface area contributed by atoms with Gasteiger partial charge in [0.05, 0.1) is 6.10 Å². The third-order valence-corrected chi connectivity index (χ3v) is 4.02. The second-order valence-electron chi connectivity index (χ2n) is 5.01. The van der Waals surface area contributed by atoms with Gasteiger partial charge in [-0.2, -0.15) is 13.2 Å². The number of ether oxygens (including phenoxy) is 1. The summed E-state index contributed by atoms with van der Waals surface area (Å²) in [6, 6.07) is 0.417. The molecule has 3 unspecified atom stereocenters. The molecule has 1 aliphatic rings. The Balaban J connectivity index is 2.25. The van der Waals surface area contributed by atoms with Crippen LogP contribution in [-0.4, -0.2) is 32.0 Å². The zero-order valence-corrected chi connectivity index (χ0v) is 10.7. The van der Waals surface area contributed by atoms with Crippen LogP contribution in [0.3, 0.4) is 0 Å². The van der Waals surface area contributed by atoms with E-state index >= 15 is 0 Å². The highest BCUT2D eigenvalue weighted by atomic mass is 19.4. The summed E-state index contributed by atoms with van der Waals surface area (Å²) in [5.41, 5.74) is 0.0625. The number of hydrogen-bond donors (Lipinski definition) is 1. The van der Waals surface area contributed by atoms with Crippen molar-refractivity contribution in [2.45, 2.75) is 57.9 Å². The first-order chi connectivity index (χ1) is 7.83. The molecule has 1 rings (SSSR count). The normalized spacial score (nSPS) is 33.5. The van der Waals surface area contributed by atoms with Gasteiger partial charge in [-0.15, -0.1) is 0 Å². The molecular formula is C12H22F3NO. The maximum Gasteiger partial charge on any atom is 0.389 e. The van der Waals surface area contributed by atoms with Crippen molar-refractivity contribution in [3.63, 3.8) is 0 Å². The average molecular weight is 253 g/mol. The van der Waals surface area contributed by atoms with E-state index in [-0.39, 0.29) is 24.5 Å². The van der Waals surface area contributed by atoms with E-state index in [0.29, 0.717) is 6.04 Å². The quantitative estimate of drug-likeness (QED) is 0.734. The highest BCUT2D eigenvalue weighted by molar-refractivity contribution is 5.04. The van der Waals surface area contributed by atoms with Crippen LogP contribution >= 0.6 is 0 Å². The van der Waals surface area contributed by atoms with Crippen LogP contribution in [0.2, 0.25) is 0 Å². The molecule has 0 aromatic carbocycles. The molecule has 0 bridgehead atoms. The van der Waals surface area contributed by atoms with Crippen molar-refractivity contribution in [1.82, 2.24) is 5.32 Å². The molecule has 0 amide bonds. The molecule has 2 nitrogen and oxygen atoms in total. The van der Waals surface area contributed by atoms with E-state index in [1.807, 2.05) is 7.05 Å². The van der Waals surface area contributed by atoms with Crippen LogP contribution in [0.25, 0.3) is 0 Å². The van der Waals surface area contributed by atoms with E-state index in [0.717, 1.165) is 12.8 Å². The fourth-order valence-electron chi connectivity index (χ4n) is 2.49. The molecular weight excluding hydrogens is 231 g/mol. The fourth-order valence-corrected chi connectivity index (χ4v) is 2.49. The Hall–Kier alpha value is -0.290. The molecule has 0 heterocycles. The van der Waals surface area contributed by atoms with Gasteiger partial charge >= 0.3 is 6.18 Å². The Morgan fingerprint density at radius 3 is 2.53 bits per heavy atom. The standard InChI is InChI=1S/C12H22F3NO/c1-4-11(2)9(16-3)8-10(11)17-7-5-6-12(13,14)15/h9-10,16H,4-8H2,1-3H3. The van der Waals surface area contributed by atoms with Gasteiger partial charge in [-0.1, -0.05) is 13.8 Å². The summed E-state index contributed by atoms with van der Waals surface area (Å²) in [5.74, 6) is 0. The molecule has 5 heteroatoms. The largest absolute Gasteiger partial charge is 0.389 e. The molecule has 0 aliphatic heterocycles. The molecule has 0 spiro atoms. The second-order valence-corrected chi connectivity index (χ2v) is 5.01. The number of nitrogens with one attached hydrogen (secondary N) is 1. The van der Waals surface area contributed by atoms with Crippen molar-refractivity contribution < 1.29 is 17.9 Å². The lowest BCUT2D eigenvalue weighted by atomic mass is 9.61. The molecule has 3 atom stereocenters. The highest BCUT2D eigenvalue weighted by Gasteiger charge is 2.50. The predicted molar refractivity (Wildman–Crippen MR) is 60.9 cm³/mol. The van der Waals surface area contributed by atoms with Crippen molar-refractivity contribution in [3.05, 3.63) is 0 Å². The molecule has 0 aromatic heterocycles. The minimum Gasteiger partial charge on any atom is -0.378 e. The van der Waals surface area contributed by atoms with Gasteiger partial charge < -0.3 is 10.1 Å². The predicted octanol–water partition coefficient (Wildman–Crippen LogP) is 3.12. The van der Waals surface area contributed by atoms with Crippen LogP contribution in [0, 0.1) is 5.41 Å². The minimum absolute atomic E-state index is 0.0595. The van der Waals surface area contributed by atoms with E-state index in [1.54, 1.807) is 0 Å². The van der Waals surface area contributed by atoms with Gasteiger partial charge in [0.25, 0.3) is 0 Å². The summed E-state index contributed by atoms with van der Waals surface area (Å²) in [6.45, 7) is 4.43. The lowest BCUT2D eigenvalue weighted by Gasteiger charge is -2.53. The van der Waals surface area contributed by atoms with Gasteiger partial charge in [0, 0.05) is 24.5 Å². The smallest absolute Gasteiger partial charge is 0.378 e. The summed E-state index contributed by atoms with van der Waals surface area (Å²) in [4.78, 5) is 0. The number of rotatable bonds is 6. The van der Waals surface area contributed by atoms with E-state index in [2.05, 4.69) is 19.2 Å². The van der Waals surface area contributed by atoms with E-state index < -0.39 is 12.6 Å². The van der Waals surface area contributed by atoms with E-state index in [1.165, 1.54) is 0 Å². The molecule has 1 aliphatic carbocycles. The first-order valence-corrected chi connectivity index (χ1v) is 6.19. The lowest BCUT2D eigenvalue weighted by Crippen LogP contribution is -2.61. The summed E-state index contributed by atoms with van der Waals surface area (Å²) in [7, 11) is 1.92. The highest BCUT2D eigenvalue weighted by Crippen LogP contribution is 2.45. The molecule has 0 aromatic rings. The van der Waals surface area contributed by atoms with Crippen molar-refractivity contribution in [3.8, 4) is 0 Å². The maximum absolute atomic E-state index is 11.9. The topological polar surface area (TPSA) is 21.3 Å². The van der Waals surface area contributed by atoms with Crippen LogP contribution < -0.4 is 5.32 Å². The Kier molecular flexibility index (Phi) is 4.84. The molecule has 0 saturated heterocycles. The van der Waals surface area contributed by atoms with E-state index in [4.69, 9.17) is 4.74 Å². The summed E-state index contributed by atoms with van der Waals surface area (Å²) < 4.78 is 41.4. The molecule has 1 fully saturated rings. The first kappa shape index (κ1) is 14.8. The van der Waals surface area contributed by atoms with Crippen LogP contribution in [0.15, 0.2) is 0 Å². The van der Waals surface area contributed by atoms with Crippen LogP contribution in [0.1, 0.15) is 39.5 Å². The first-order valence-electron chi connectivity index (χ1n) is 6.19. The SMILES string of the molecule is CCC1(C)C(NC)CC1OCCCC(F)(F)F. The van der Waals surface area contributed by atoms with Gasteiger partial charge in [-0.3, -0.25) is 0 Å². The monoisotopic (exact) mass is 253 g/mol. The number of alkyl halides is 3. The van der Waals surface area contributed by atoms with Gasteiger partial charge in [0.15, 0.2) is 0 Å². The van der Waals surface area contributed by atoms with Crippen LogP contribution in [-0.2, 0) is 4.74 Å². The van der Waals surface area contributed by atoms with Crippen LogP contribution in [0.5, 0.6) is 0 Å². The van der Waals surface area contributed by atoms with Crippen molar-refractivity contribution in [2.24, 2.45) is 5.41 Å². The number of hydrogen-bond acceptors (Lipinski definition) is 2. The maximum atomic E-state index is 11.9. The number of halogens is 3. The zero-order valence-electron chi connectivity index (χ0n) is 10.7. The zero-order chi connectivity index (χ0) is 13.1. The Morgan fingerprint density at radius 1 is 1.41 bits per heavy atom. The van der Waals surface area contributed by atoms with Gasteiger partial charge in [0.1, 0.15) is 0 Å². The molecule has 0 radical (unpaired) electrons. The van der Waals surface area contributed by atoms with Gasteiger partial charge in [-0.05, 0) is 26.3 Å². The Morgan fingerprint density at radius 2 is 2.06 bits per heavy atom. The molecule has 1 N–H and O–H groups in total. The van der Waals surface area contributed by atoms with Crippen molar-refractivity contribution in [1.29, 1.82) is 0 Å². The minimum atomic E-state index is -4.06. The average Bonchev–Trinajstić information content (AvgIpc) is 2.24. The summed E-state index contributed by atoms with van der Waals surface area (Å²) >= 11 is 0. The van der Waals surface area contributed by atoms with Crippen LogP contribution in [0.4, 0.5) is 13.2 Å². The third kappa shape index (κ3) is 3.58. The van der Waals surface area contributed by atoms with E-state index in [9.17, 15) is 13.2 Å². The second kappa shape index (κ2) is 5.57. The molecule has 1 saturated carbocycles. The lowest BCUT2D eigenvalue weighted by molar-refractivity contribution is -0.152. The Bertz CT molecular complexity index is 244. The van der Waals surface area contributed by atoms with Gasteiger partial charge in [0.2, 0.25) is 0 Å². The van der Waals surface area contributed by atoms with Crippen molar-refractivity contribution in [2.75, 3.05) is 13.7 Å². The van der Waals surface area contributed by atoms with Gasteiger partial charge in [-0.25, -0.2) is 0 Å². The fraction of sp³-hybridized carbons (Fsp3) is 1.00.